The highest BCUT2D eigenvalue weighted by Gasteiger charge is 2.25. The summed E-state index contributed by atoms with van der Waals surface area (Å²) in [4.78, 5) is 16.5. The van der Waals surface area contributed by atoms with E-state index in [1.165, 1.54) is 34.2 Å². The van der Waals surface area contributed by atoms with Crippen LogP contribution in [0.4, 0.5) is 5.13 Å². The monoisotopic (exact) mass is 363 g/mol. The third kappa shape index (κ3) is 4.06. The van der Waals surface area contributed by atoms with E-state index in [0.29, 0.717) is 16.9 Å². The number of thioether (sulfide) groups is 1. The van der Waals surface area contributed by atoms with E-state index in [9.17, 15) is 4.79 Å². The number of hydrogen-bond acceptors (Lipinski definition) is 7. The highest BCUT2D eigenvalue weighted by molar-refractivity contribution is 8.01. The van der Waals surface area contributed by atoms with Crippen molar-refractivity contribution in [3.05, 3.63) is 35.4 Å². The van der Waals surface area contributed by atoms with Crippen LogP contribution in [0.1, 0.15) is 11.1 Å². The molecule has 128 valence electrons. The van der Waals surface area contributed by atoms with Gasteiger partial charge in [-0.15, -0.1) is 10.2 Å². The van der Waals surface area contributed by atoms with Gasteiger partial charge in [0.05, 0.1) is 5.75 Å². The molecule has 8 heteroatoms. The first kappa shape index (κ1) is 17.2. The van der Waals surface area contributed by atoms with Crippen molar-refractivity contribution in [3.8, 4) is 0 Å². The first-order valence-electron chi connectivity index (χ1n) is 7.75. The predicted octanol–water partition coefficient (Wildman–Crippen LogP) is 1.73. The van der Waals surface area contributed by atoms with Crippen molar-refractivity contribution in [2.45, 2.75) is 23.3 Å². The maximum absolute atomic E-state index is 12.4. The molecule has 1 aromatic heterocycles. The van der Waals surface area contributed by atoms with Crippen molar-refractivity contribution in [2.24, 2.45) is 0 Å². The molecule has 1 atom stereocenters. The normalized spacial score (nSPS) is 17.5. The molecule has 0 unspecified atom stereocenters. The third-order valence-corrected chi connectivity index (χ3v) is 6.14. The van der Waals surface area contributed by atoms with E-state index in [0.717, 1.165) is 23.8 Å². The van der Waals surface area contributed by atoms with E-state index in [-0.39, 0.29) is 5.91 Å². The zero-order chi connectivity index (χ0) is 17.1. The lowest BCUT2D eigenvalue weighted by atomic mass is 9.94. The smallest absolute Gasteiger partial charge is 0.232 e. The van der Waals surface area contributed by atoms with Crippen molar-refractivity contribution in [1.29, 1.82) is 0 Å². The van der Waals surface area contributed by atoms with Gasteiger partial charge in [-0.2, -0.15) is 0 Å². The zero-order valence-electron chi connectivity index (χ0n) is 13.8. The number of carbonyl (C=O) groups excluding carboxylic acids is 1. The van der Waals surface area contributed by atoms with Gasteiger partial charge in [0.15, 0.2) is 4.34 Å². The Balaban J connectivity index is 1.54. The lowest BCUT2D eigenvalue weighted by Gasteiger charge is -2.36. The number of rotatable bonds is 5. The number of likely N-dealkylation sites (N-methyl/N-ethyl adjacent to an activating group) is 2. The average molecular weight is 364 g/mol. The van der Waals surface area contributed by atoms with Crippen molar-refractivity contribution >= 4 is 34.1 Å². The van der Waals surface area contributed by atoms with Crippen molar-refractivity contribution in [2.75, 3.05) is 32.1 Å². The minimum Gasteiger partial charge on any atom is -0.374 e. The first-order valence-corrected chi connectivity index (χ1v) is 9.56. The van der Waals surface area contributed by atoms with Crippen molar-refractivity contribution in [1.82, 2.24) is 20.0 Å². The molecular weight excluding hydrogens is 342 g/mol. The summed E-state index contributed by atoms with van der Waals surface area (Å²) in [6.45, 7) is 1.66. The van der Waals surface area contributed by atoms with E-state index >= 15 is 0 Å². The molecular formula is C16H21N5OS2. The van der Waals surface area contributed by atoms with E-state index in [4.69, 9.17) is 5.73 Å². The Bertz CT molecular complexity index is 720. The van der Waals surface area contributed by atoms with Gasteiger partial charge in [0.2, 0.25) is 11.0 Å². The van der Waals surface area contributed by atoms with Crippen LogP contribution in [-0.2, 0) is 17.8 Å². The van der Waals surface area contributed by atoms with E-state index < -0.39 is 0 Å². The largest absolute Gasteiger partial charge is 0.374 e. The summed E-state index contributed by atoms with van der Waals surface area (Å²) in [7, 11) is 3.99. The Morgan fingerprint density at radius 1 is 1.42 bits per heavy atom. The molecule has 2 N–H and O–H groups in total. The van der Waals surface area contributed by atoms with Crippen LogP contribution >= 0.6 is 23.1 Å². The molecule has 0 saturated heterocycles. The molecule has 0 spiro atoms. The van der Waals surface area contributed by atoms with Crippen LogP contribution < -0.4 is 5.73 Å². The van der Waals surface area contributed by atoms with Gasteiger partial charge >= 0.3 is 0 Å². The number of fused-ring (bicyclic) bond motifs is 1. The third-order valence-electron chi connectivity index (χ3n) is 4.27. The van der Waals surface area contributed by atoms with Gasteiger partial charge in [-0.3, -0.25) is 9.69 Å². The predicted molar refractivity (Wildman–Crippen MR) is 98.1 cm³/mol. The summed E-state index contributed by atoms with van der Waals surface area (Å²) in [6, 6.07) is 8.88. The molecule has 1 aliphatic rings. The Kier molecular flexibility index (Phi) is 5.37. The number of nitrogens with two attached hydrogens (primary N) is 1. The maximum Gasteiger partial charge on any atom is 0.232 e. The number of nitrogens with zero attached hydrogens (tertiary/aromatic N) is 4. The van der Waals surface area contributed by atoms with E-state index in [1.54, 1.807) is 0 Å². The molecule has 6 nitrogen and oxygen atoms in total. The standard InChI is InChI=1S/C16H21N5OS2/c1-20-8-12-6-4-3-5-11(12)7-13(20)9-21(2)14(22)10-23-16-19-18-15(17)24-16/h3-6,13H,7-10H2,1-2H3,(H2,17,18)/t13-/m1/s1. The van der Waals surface area contributed by atoms with Gasteiger partial charge in [0, 0.05) is 26.2 Å². The summed E-state index contributed by atoms with van der Waals surface area (Å²) in [5, 5.41) is 8.12. The summed E-state index contributed by atoms with van der Waals surface area (Å²) < 4.78 is 0.734. The Hall–Kier alpha value is -1.64. The van der Waals surface area contributed by atoms with Crippen LogP contribution in [0.15, 0.2) is 28.6 Å². The molecule has 24 heavy (non-hydrogen) atoms. The highest BCUT2D eigenvalue weighted by atomic mass is 32.2. The Labute approximate surface area is 150 Å². The molecule has 0 saturated carbocycles. The van der Waals surface area contributed by atoms with Crippen LogP contribution in [0.2, 0.25) is 0 Å². The van der Waals surface area contributed by atoms with Gasteiger partial charge in [-0.25, -0.2) is 0 Å². The fourth-order valence-corrected chi connectivity index (χ4v) is 4.43. The van der Waals surface area contributed by atoms with Gasteiger partial charge in [0.25, 0.3) is 0 Å². The summed E-state index contributed by atoms with van der Waals surface area (Å²) in [5.41, 5.74) is 8.33. The van der Waals surface area contributed by atoms with Crippen LogP contribution in [0.25, 0.3) is 0 Å². The van der Waals surface area contributed by atoms with Crippen LogP contribution in [0.5, 0.6) is 0 Å². The van der Waals surface area contributed by atoms with Crippen molar-refractivity contribution < 1.29 is 4.79 Å². The van der Waals surface area contributed by atoms with Crippen LogP contribution in [0.3, 0.4) is 0 Å². The second-order valence-corrected chi connectivity index (χ2v) is 8.24. The molecule has 0 radical (unpaired) electrons. The van der Waals surface area contributed by atoms with Gasteiger partial charge < -0.3 is 10.6 Å². The van der Waals surface area contributed by atoms with Gasteiger partial charge in [0.1, 0.15) is 0 Å². The second-order valence-electron chi connectivity index (χ2n) is 6.01. The fraction of sp³-hybridized carbons (Fsp3) is 0.438. The van der Waals surface area contributed by atoms with Gasteiger partial charge in [-0.1, -0.05) is 47.4 Å². The lowest BCUT2D eigenvalue weighted by molar-refractivity contribution is -0.127. The SMILES string of the molecule is CN(C[C@H]1Cc2ccccc2CN1C)C(=O)CSc1nnc(N)s1. The molecule has 0 bridgehead atoms. The van der Waals surface area contributed by atoms with Gasteiger partial charge in [-0.05, 0) is 24.6 Å². The van der Waals surface area contributed by atoms with E-state index in [2.05, 4.69) is 46.4 Å². The summed E-state index contributed by atoms with van der Waals surface area (Å²) >= 11 is 2.70. The number of hydrogen-bond donors (Lipinski definition) is 1. The fourth-order valence-electron chi connectivity index (χ4n) is 2.85. The lowest BCUT2D eigenvalue weighted by Crippen LogP contribution is -2.46. The molecule has 2 heterocycles. The summed E-state index contributed by atoms with van der Waals surface area (Å²) in [5.74, 6) is 0.457. The minimum atomic E-state index is 0.0982. The maximum atomic E-state index is 12.4. The average Bonchev–Trinajstić information content (AvgIpc) is 2.98. The number of benzene rings is 1. The van der Waals surface area contributed by atoms with E-state index in [1.807, 2.05) is 11.9 Å². The molecule has 2 aromatic rings. The Morgan fingerprint density at radius 3 is 2.88 bits per heavy atom. The number of amides is 1. The first-order chi connectivity index (χ1) is 11.5. The zero-order valence-corrected chi connectivity index (χ0v) is 15.4. The molecule has 1 aliphatic heterocycles. The quantitative estimate of drug-likeness (QED) is 0.816. The second kappa shape index (κ2) is 7.50. The highest BCUT2D eigenvalue weighted by Crippen LogP contribution is 2.25. The number of carbonyl (C=O) groups is 1. The molecule has 3 rings (SSSR count). The number of aromatic nitrogens is 2. The Morgan fingerprint density at radius 2 is 2.17 bits per heavy atom. The number of anilines is 1. The van der Waals surface area contributed by atoms with Crippen LogP contribution in [-0.4, -0.2) is 58.3 Å². The molecule has 1 amide bonds. The molecule has 0 fully saturated rings. The minimum absolute atomic E-state index is 0.0982. The number of nitrogen functional groups attached to an aromatic ring is 1. The topological polar surface area (TPSA) is 75.3 Å². The molecule has 1 aromatic carbocycles. The molecule has 0 aliphatic carbocycles. The van der Waals surface area contributed by atoms with Crippen LogP contribution in [0, 0.1) is 0 Å². The van der Waals surface area contributed by atoms with Crippen molar-refractivity contribution in [3.63, 3.8) is 0 Å². The summed E-state index contributed by atoms with van der Waals surface area (Å²) in [6.07, 6.45) is 0.977.